The third-order valence-electron chi connectivity index (χ3n) is 7.11. The molecule has 1 aliphatic heterocycles. The number of nitrogens with one attached hydrogen (secondary N) is 3. The molecule has 7 nitrogen and oxygen atoms in total. The van der Waals surface area contributed by atoms with Crippen molar-refractivity contribution in [1.29, 1.82) is 0 Å². The summed E-state index contributed by atoms with van der Waals surface area (Å²) in [5.41, 5.74) is 6.30. The number of fused-ring (bicyclic) bond motifs is 1. The molecule has 1 aliphatic rings. The lowest BCUT2D eigenvalue weighted by molar-refractivity contribution is 0.247. The van der Waals surface area contributed by atoms with Gasteiger partial charge in [0.1, 0.15) is 0 Å². The van der Waals surface area contributed by atoms with Crippen LogP contribution >= 0.6 is 0 Å². The van der Waals surface area contributed by atoms with Gasteiger partial charge in [-0.3, -0.25) is 9.69 Å². The van der Waals surface area contributed by atoms with Gasteiger partial charge in [0, 0.05) is 48.7 Å². The normalized spacial score (nSPS) is 15.3. The van der Waals surface area contributed by atoms with Crippen LogP contribution in [0.1, 0.15) is 12.0 Å². The van der Waals surface area contributed by atoms with Crippen LogP contribution in [-0.4, -0.2) is 40.0 Å². The Bertz CT molecular complexity index is 1650. The Balaban J connectivity index is 1.16. The standard InChI is InChI=1S/C32H29N5O2/c38-31-28-19-27(23-7-3-1-4-8-23)30(36-29(28)15-17-33-31)24-13-11-22(12-14-24)20-37-18-16-26(21-37)35-32(39)34-25-9-5-2-6-10-25/h1-15,17,19,26H,16,18,20-21H2,(H,33,38)(H2,34,35,39). The van der Waals surface area contributed by atoms with E-state index in [-0.39, 0.29) is 17.6 Å². The number of amides is 2. The maximum atomic E-state index is 12.5. The molecule has 5 aromatic rings. The SMILES string of the molecule is O=C(Nc1ccccc1)NC1CCN(Cc2ccc(-c3nc4cc[nH]c(=O)c4cc3-c3ccccc3)cc2)C1. The average molecular weight is 516 g/mol. The monoisotopic (exact) mass is 515 g/mol. The molecule has 3 aromatic carbocycles. The second-order valence-electron chi connectivity index (χ2n) is 9.87. The van der Waals surface area contributed by atoms with Crippen LogP contribution in [0.5, 0.6) is 0 Å². The molecule has 39 heavy (non-hydrogen) atoms. The quantitative estimate of drug-likeness (QED) is 0.273. The molecule has 0 bridgehead atoms. The highest BCUT2D eigenvalue weighted by molar-refractivity contribution is 5.91. The Labute approximate surface area is 226 Å². The predicted molar refractivity (Wildman–Crippen MR) is 156 cm³/mol. The number of nitrogens with zero attached hydrogens (tertiary/aromatic N) is 2. The Kier molecular flexibility index (Phi) is 6.89. The summed E-state index contributed by atoms with van der Waals surface area (Å²) in [4.78, 5) is 34.8. The van der Waals surface area contributed by atoms with E-state index in [1.165, 1.54) is 5.56 Å². The van der Waals surface area contributed by atoms with E-state index in [4.69, 9.17) is 4.98 Å². The molecule has 194 valence electrons. The van der Waals surface area contributed by atoms with Gasteiger partial charge in [0.05, 0.1) is 16.6 Å². The molecule has 1 saturated heterocycles. The van der Waals surface area contributed by atoms with E-state index >= 15 is 0 Å². The topological polar surface area (TPSA) is 90.1 Å². The van der Waals surface area contributed by atoms with Crippen LogP contribution in [0.4, 0.5) is 10.5 Å². The molecule has 0 aliphatic carbocycles. The van der Waals surface area contributed by atoms with Crippen molar-refractivity contribution < 1.29 is 4.79 Å². The van der Waals surface area contributed by atoms with Gasteiger partial charge in [0.2, 0.25) is 0 Å². The van der Waals surface area contributed by atoms with Crippen LogP contribution in [0.15, 0.2) is 108 Å². The maximum Gasteiger partial charge on any atom is 0.319 e. The van der Waals surface area contributed by atoms with E-state index in [0.29, 0.717) is 10.9 Å². The van der Waals surface area contributed by atoms with Gasteiger partial charge in [-0.1, -0.05) is 72.8 Å². The van der Waals surface area contributed by atoms with Crippen molar-refractivity contribution >= 4 is 22.6 Å². The van der Waals surface area contributed by atoms with Crippen LogP contribution in [0.2, 0.25) is 0 Å². The molecule has 0 spiro atoms. The fraction of sp³-hybridized carbons (Fsp3) is 0.156. The number of pyridine rings is 2. The lowest BCUT2D eigenvalue weighted by atomic mass is 9.97. The number of rotatable bonds is 6. The van der Waals surface area contributed by atoms with Gasteiger partial charge >= 0.3 is 6.03 Å². The number of carbonyl (C=O) groups excluding carboxylic acids is 1. The number of para-hydroxylation sites is 1. The molecule has 1 atom stereocenters. The Morgan fingerprint density at radius 3 is 2.44 bits per heavy atom. The van der Waals surface area contributed by atoms with E-state index in [2.05, 4.69) is 44.8 Å². The number of carbonyl (C=O) groups is 1. The average Bonchev–Trinajstić information content (AvgIpc) is 3.40. The number of H-pyrrole nitrogens is 1. The first-order valence-corrected chi connectivity index (χ1v) is 13.1. The highest BCUT2D eigenvalue weighted by Gasteiger charge is 2.24. The molecular formula is C32H29N5O2. The van der Waals surface area contributed by atoms with Crippen LogP contribution in [0, 0.1) is 0 Å². The number of aromatic amines is 1. The third-order valence-corrected chi connectivity index (χ3v) is 7.11. The van der Waals surface area contributed by atoms with E-state index in [1.807, 2.05) is 72.8 Å². The van der Waals surface area contributed by atoms with Gasteiger partial charge in [0.15, 0.2) is 0 Å². The zero-order valence-electron chi connectivity index (χ0n) is 21.4. The molecule has 7 heteroatoms. The smallest absolute Gasteiger partial charge is 0.319 e. The molecule has 0 saturated carbocycles. The summed E-state index contributed by atoms with van der Waals surface area (Å²) in [5.74, 6) is 0. The number of benzene rings is 3. The van der Waals surface area contributed by atoms with Crippen LogP contribution < -0.4 is 16.2 Å². The fourth-order valence-corrected chi connectivity index (χ4v) is 5.16. The van der Waals surface area contributed by atoms with Gasteiger partial charge in [-0.2, -0.15) is 0 Å². The first kappa shape index (κ1) is 24.6. The van der Waals surface area contributed by atoms with Crippen molar-refractivity contribution in [2.75, 3.05) is 18.4 Å². The summed E-state index contributed by atoms with van der Waals surface area (Å²) in [6.45, 7) is 2.55. The van der Waals surface area contributed by atoms with Gasteiger partial charge < -0.3 is 15.6 Å². The van der Waals surface area contributed by atoms with Crippen molar-refractivity contribution in [2.45, 2.75) is 19.0 Å². The lowest BCUT2D eigenvalue weighted by Gasteiger charge is -2.17. The molecular weight excluding hydrogens is 486 g/mol. The molecule has 1 fully saturated rings. The summed E-state index contributed by atoms with van der Waals surface area (Å²) >= 11 is 0. The second-order valence-corrected chi connectivity index (χ2v) is 9.87. The number of anilines is 1. The summed E-state index contributed by atoms with van der Waals surface area (Å²) in [5, 5.41) is 6.56. The van der Waals surface area contributed by atoms with Crippen molar-refractivity contribution in [3.63, 3.8) is 0 Å². The summed E-state index contributed by atoms with van der Waals surface area (Å²) in [6, 6.07) is 31.7. The molecule has 3 N–H and O–H groups in total. The van der Waals surface area contributed by atoms with E-state index in [9.17, 15) is 9.59 Å². The highest BCUT2D eigenvalue weighted by Crippen LogP contribution is 2.33. The zero-order valence-corrected chi connectivity index (χ0v) is 21.4. The summed E-state index contributed by atoms with van der Waals surface area (Å²) in [6.07, 6.45) is 2.55. The van der Waals surface area contributed by atoms with E-state index < -0.39 is 0 Å². The van der Waals surface area contributed by atoms with Gasteiger partial charge in [-0.25, -0.2) is 9.78 Å². The summed E-state index contributed by atoms with van der Waals surface area (Å²) < 4.78 is 0. The third kappa shape index (κ3) is 5.58. The molecule has 2 aromatic heterocycles. The van der Waals surface area contributed by atoms with Crippen molar-refractivity contribution in [1.82, 2.24) is 20.2 Å². The Morgan fingerprint density at radius 1 is 0.923 bits per heavy atom. The Hall–Kier alpha value is -4.75. The van der Waals surface area contributed by atoms with Gasteiger partial charge in [-0.05, 0) is 41.8 Å². The van der Waals surface area contributed by atoms with Crippen LogP contribution in [-0.2, 0) is 6.54 Å². The molecule has 2 amide bonds. The minimum atomic E-state index is -0.170. The van der Waals surface area contributed by atoms with Crippen LogP contribution in [0.3, 0.4) is 0 Å². The Morgan fingerprint density at radius 2 is 1.67 bits per heavy atom. The lowest BCUT2D eigenvalue weighted by Crippen LogP contribution is -2.39. The van der Waals surface area contributed by atoms with E-state index in [1.54, 1.807) is 6.20 Å². The minimum Gasteiger partial charge on any atom is -0.334 e. The van der Waals surface area contributed by atoms with Crippen LogP contribution in [0.25, 0.3) is 33.3 Å². The largest absolute Gasteiger partial charge is 0.334 e. The number of hydrogen-bond acceptors (Lipinski definition) is 4. The minimum absolute atomic E-state index is 0.117. The van der Waals surface area contributed by atoms with Crippen molar-refractivity contribution in [2.24, 2.45) is 0 Å². The molecule has 1 unspecified atom stereocenters. The zero-order chi connectivity index (χ0) is 26.6. The first-order valence-electron chi connectivity index (χ1n) is 13.1. The number of hydrogen-bond donors (Lipinski definition) is 3. The summed E-state index contributed by atoms with van der Waals surface area (Å²) in [7, 11) is 0. The molecule has 3 heterocycles. The van der Waals surface area contributed by atoms with Gasteiger partial charge in [0.25, 0.3) is 5.56 Å². The molecule has 6 rings (SSSR count). The predicted octanol–water partition coefficient (Wildman–Crippen LogP) is 5.65. The van der Waals surface area contributed by atoms with Gasteiger partial charge in [-0.15, -0.1) is 0 Å². The second kappa shape index (κ2) is 10.9. The fourth-order valence-electron chi connectivity index (χ4n) is 5.16. The number of urea groups is 1. The number of aromatic nitrogens is 2. The van der Waals surface area contributed by atoms with E-state index in [0.717, 1.165) is 54.1 Å². The van der Waals surface area contributed by atoms with Crippen molar-refractivity contribution in [3.05, 3.63) is 119 Å². The van der Waals surface area contributed by atoms with Crippen molar-refractivity contribution in [3.8, 4) is 22.4 Å². The number of likely N-dealkylation sites (tertiary alicyclic amines) is 1. The molecule has 0 radical (unpaired) electrons. The first-order chi connectivity index (χ1) is 19.1. The highest BCUT2D eigenvalue weighted by atomic mass is 16.2. The maximum absolute atomic E-state index is 12.5.